The zero-order valence-corrected chi connectivity index (χ0v) is 21.8. The minimum Gasteiger partial charge on any atom is -0.497 e. The molecule has 8 nitrogen and oxygen atoms in total. The molecule has 0 atom stereocenters. The van der Waals surface area contributed by atoms with Crippen LogP contribution in [0.4, 0.5) is 4.39 Å². The van der Waals surface area contributed by atoms with Gasteiger partial charge in [-0.1, -0.05) is 29.4 Å². The SMILES string of the molecule is COc1ccc(-c2noc(CN3CCC(C(=O)NCc4ccc(OCc5ccc(F)cc5)cc4)CC3)n2)cc1. The molecule has 0 spiro atoms. The average Bonchev–Trinajstić information content (AvgIpc) is 3.45. The topological polar surface area (TPSA) is 89.7 Å². The molecule has 202 valence electrons. The summed E-state index contributed by atoms with van der Waals surface area (Å²) in [6, 6.07) is 21.4. The van der Waals surface area contributed by atoms with Crippen LogP contribution < -0.4 is 14.8 Å². The fourth-order valence-electron chi connectivity index (χ4n) is 4.51. The van der Waals surface area contributed by atoms with Gasteiger partial charge in [-0.05, 0) is 85.6 Å². The van der Waals surface area contributed by atoms with Crippen molar-refractivity contribution in [1.82, 2.24) is 20.4 Å². The van der Waals surface area contributed by atoms with E-state index < -0.39 is 0 Å². The van der Waals surface area contributed by atoms with Gasteiger partial charge in [-0.2, -0.15) is 4.98 Å². The van der Waals surface area contributed by atoms with Gasteiger partial charge < -0.3 is 19.3 Å². The van der Waals surface area contributed by atoms with Gasteiger partial charge in [-0.25, -0.2) is 4.39 Å². The van der Waals surface area contributed by atoms with Crippen molar-refractivity contribution in [3.63, 3.8) is 0 Å². The molecule has 4 aromatic rings. The van der Waals surface area contributed by atoms with Gasteiger partial charge in [0.25, 0.3) is 0 Å². The fraction of sp³-hybridized carbons (Fsp3) is 0.300. The van der Waals surface area contributed by atoms with Crippen LogP contribution in [0.1, 0.15) is 29.9 Å². The Balaban J connectivity index is 1.03. The monoisotopic (exact) mass is 530 g/mol. The summed E-state index contributed by atoms with van der Waals surface area (Å²) in [5.41, 5.74) is 2.77. The molecule has 1 aromatic heterocycles. The third-order valence-corrected chi connectivity index (χ3v) is 6.84. The molecule has 0 saturated carbocycles. The van der Waals surface area contributed by atoms with Crippen LogP contribution in [0.5, 0.6) is 11.5 Å². The first kappa shape index (κ1) is 26.4. The smallest absolute Gasteiger partial charge is 0.241 e. The maximum atomic E-state index is 13.0. The molecule has 0 aliphatic carbocycles. The van der Waals surface area contributed by atoms with E-state index in [4.69, 9.17) is 14.0 Å². The number of rotatable bonds is 10. The standard InChI is InChI=1S/C30H31FN4O4/c1-37-26-12-6-23(7-13-26)29-33-28(39-34-29)19-35-16-14-24(15-17-35)30(36)32-18-21-4-10-27(11-5-21)38-20-22-2-8-25(31)9-3-22/h2-13,24H,14-20H2,1H3,(H,32,36). The number of hydrogen-bond donors (Lipinski definition) is 1. The second-order valence-electron chi connectivity index (χ2n) is 9.57. The maximum Gasteiger partial charge on any atom is 0.241 e. The van der Waals surface area contributed by atoms with Crippen LogP contribution in [-0.4, -0.2) is 41.1 Å². The van der Waals surface area contributed by atoms with Crippen LogP contribution in [0.25, 0.3) is 11.4 Å². The number of likely N-dealkylation sites (tertiary alicyclic amines) is 1. The van der Waals surface area contributed by atoms with Crippen LogP contribution in [0.2, 0.25) is 0 Å². The number of hydrogen-bond acceptors (Lipinski definition) is 7. The van der Waals surface area contributed by atoms with E-state index in [2.05, 4.69) is 20.4 Å². The van der Waals surface area contributed by atoms with Gasteiger partial charge in [-0.15, -0.1) is 0 Å². The number of aromatic nitrogens is 2. The molecule has 1 fully saturated rings. The second-order valence-corrected chi connectivity index (χ2v) is 9.57. The summed E-state index contributed by atoms with van der Waals surface area (Å²) in [4.78, 5) is 19.5. The number of carbonyl (C=O) groups excluding carboxylic acids is 1. The molecule has 9 heteroatoms. The van der Waals surface area contributed by atoms with Crippen molar-refractivity contribution in [3.05, 3.63) is 95.6 Å². The highest BCUT2D eigenvalue weighted by atomic mass is 19.1. The van der Waals surface area contributed by atoms with E-state index in [9.17, 15) is 9.18 Å². The lowest BCUT2D eigenvalue weighted by molar-refractivity contribution is -0.126. The van der Waals surface area contributed by atoms with Gasteiger partial charge in [0, 0.05) is 18.0 Å². The highest BCUT2D eigenvalue weighted by Gasteiger charge is 2.26. The highest BCUT2D eigenvalue weighted by Crippen LogP contribution is 2.22. The van der Waals surface area contributed by atoms with Crippen LogP contribution in [0.3, 0.4) is 0 Å². The van der Waals surface area contributed by atoms with Crippen molar-refractivity contribution < 1.29 is 23.2 Å². The number of nitrogens with zero attached hydrogens (tertiary/aromatic N) is 3. The fourth-order valence-corrected chi connectivity index (χ4v) is 4.51. The largest absolute Gasteiger partial charge is 0.497 e. The van der Waals surface area contributed by atoms with Gasteiger partial charge in [-0.3, -0.25) is 9.69 Å². The van der Waals surface area contributed by atoms with E-state index in [0.717, 1.165) is 54.1 Å². The average molecular weight is 531 g/mol. The number of carbonyl (C=O) groups is 1. The van der Waals surface area contributed by atoms with Crippen molar-refractivity contribution in [3.8, 4) is 22.9 Å². The Bertz CT molecular complexity index is 1350. The third-order valence-electron chi connectivity index (χ3n) is 6.84. The van der Waals surface area contributed by atoms with Crippen LogP contribution in [0, 0.1) is 11.7 Å². The van der Waals surface area contributed by atoms with E-state index in [1.54, 1.807) is 19.2 Å². The Morgan fingerprint density at radius 1 is 0.974 bits per heavy atom. The quantitative estimate of drug-likeness (QED) is 0.309. The van der Waals surface area contributed by atoms with Crippen LogP contribution in [0.15, 0.2) is 77.3 Å². The van der Waals surface area contributed by atoms with Gasteiger partial charge in [0.2, 0.25) is 17.6 Å². The van der Waals surface area contributed by atoms with Crippen molar-refractivity contribution in [2.75, 3.05) is 20.2 Å². The summed E-state index contributed by atoms with van der Waals surface area (Å²) in [5.74, 6) is 2.40. The number of ether oxygens (including phenoxy) is 2. The predicted molar refractivity (Wildman–Crippen MR) is 143 cm³/mol. The lowest BCUT2D eigenvalue weighted by Gasteiger charge is -2.30. The second kappa shape index (κ2) is 12.5. The Kier molecular flexibility index (Phi) is 8.48. The lowest BCUT2D eigenvalue weighted by atomic mass is 9.96. The summed E-state index contributed by atoms with van der Waals surface area (Å²) in [6.07, 6.45) is 1.56. The van der Waals surface area contributed by atoms with Crippen molar-refractivity contribution in [2.45, 2.75) is 32.5 Å². The van der Waals surface area contributed by atoms with Crippen LogP contribution in [-0.2, 0) is 24.5 Å². The number of halogens is 1. The van der Waals surface area contributed by atoms with E-state index in [-0.39, 0.29) is 17.6 Å². The molecule has 1 amide bonds. The normalized spacial score (nSPS) is 14.2. The summed E-state index contributed by atoms with van der Waals surface area (Å²) in [5, 5.41) is 7.16. The molecule has 39 heavy (non-hydrogen) atoms. The summed E-state index contributed by atoms with van der Waals surface area (Å²) < 4.78 is 29.4. The molecule has 1 aliphatic heterocycles. The molecular formula is C30H31FN4O4. The molecule has 0 unspecified atom stereocenters. The molecule has 1 aliphatic rings. The number of amides is 1. The Hall–Kier alpha value is -4.24. The van der Waals surface area contributed by atoms with Gasteiger partial charge in [0.1, 0.15) is 23.9 Å². The van der Waals surface area contributed by atoms with E-state index in [1.807, 2.05) is 48.5 Å². The first-order valence-electron chi connectivity index (χ1n) is 13.0. The number of piperidine rings is 1. The molecular weight excluding hydrogens is 499 g/mol. The summed E-state index contributed by atoms with van der Waals surface area (Å²) >= 11 is 0. The van der Waals surface area contributed by atoms with Crippen molar-refractivity contribution in [1.29, 1.82) is 0 Å². The third kappa shape index (κ3) is 7.20. The summed E-state index contributed by atoms with van der Waals surface area (Å²) in [6.45, 7) is 2.97. The van der Waals surface area contributed by atoms with Gasteiger partial charge in [0.15, 0.2) is 0 Å². The van der Waals surface area contributed by atoms with Crippen molar-refractivity contribution >= 4 is 5.91 Å². The number of nitrogens with one attached hydrogen (secondary N) is 1. The molecule has 3 aromatic carbocycles. The number of benzene rings is 3. The maximum absolute atomic E-state index is 13.0. The Morgan fingerprint density at radius 2 is 1.64 bits per heavy atom. The van der Waals surface area contributed by atoms with Crippen LogP contribution >= 0.6 is 0 Å². The zero-order chi connectivity index (χ0) is 27.0. The molecule has 5 rings (SSSR count). The molecule has 2 heterocycles. The van der Waals surface area contributed by atoms with E-state index in [1.165, 1.54) is 12.1 Å². The first-order chi connectivity index (χ1) is 19.1. The summed E-state index contributed by atoms with van der Waals surface area (Å²) in [7, 11) is 1.63. The Morgan fingerprint density at radius 3 is 2.33 bits per heavy atom. The number of methoxy groups -OCH3 is 1. The Labute approximate surface area is 226 Å². The molecule has 0 radical (unpaired) electrons. The molecule has 1 N–H and O–H groups in total. The van der Waals surface area contributed by atoms with Gasteiger partial charge >= 0.3 is 0 Å². The van der Waals surface area contributed by atoms with E-state index >= 15 is 0 Å². The first-order valence-corrected chi connectivity index (χ1v) is 13.0. The van der Waals surface area contributed by atoms with E-state index in [0.29, 0.717) is 31.4 Å². The predicted octanol–water partition coefficient (Wildman–Crippen LogP) is 4.99. The minimum absolute atomic E-state index is 0.0166. The lowest BCUT2D eigenvalue weighted by Crippen LogP contribution is -2.40. The minimum atomic E-state index is -0.265. The zero-order valence-electron chi connectivity index (χ0n) is 21.8. The molecule has 0 bridgehead atoms. The highest BCUT2D eigenvalue weighted by molar-refractivity contribution is 5.78. The van der Waals surface area contributed by atoms with Crippen molar-refractivity contribution in [2.24, 2.45) is 5.92 Å². The molecule has 1 saturated heterocycles. The van der Waals surface area contributed by atoms with Gasteiger partial charge in [0.05, 0.1) is 13.7 Å².